The summed E-state index contributed by atoms with van der Waals surface area (Å²) in [6.07, 6.45) is 0. The van der Waals surface area contributed by atoms with Crippen LogP contribution in [0.5, 0.6) is 11.5 Å². The molecule has 5 heteroatoms. The second-order valence-corrected chi connectivity index (χ2v) is 20.6. The van der Waals surface area contributed by atoms with Gasteiger partial charge >= 0.3 is 0 Å². The van der Waals surface area contributed by atoms with Crippen LogP contribution in [0.4, 0.5) is 0 Å². The third-order valence-corrected chi connectivity index (χ3v) is 14.3. The van der Waals surface area contributed by atoms with Crippen molar-refractivity contribution in [3.63, 3.8) is 0 Å². The first-order valence-electron chi connectivity index (χ1n) is 16.2. The zero-order valence-corrected chi connectivity index (χ0v) is 29.8. The van der Waals surface area contributed by atoms with Gasteiger partial charge in [-0.25, -0.2) is 4.98 Å². The van der Waals surface area contributed by atoms with Gasteiger partial charge in [0.25, 0.3) is 0 Å². The second kappa shape index (κ2) is 9.90. The lowest BCUT2D eigenvalue weighted by atomic mass is 9.71. The summed E-state index contributed by atoms with van der Waals surface area (Å²) in [7, 11) is -1.98. The van der Waals surface area contributed by atoms with E-state index in [1.807, 2.05) is 0 Å². The average Bonchev–Trinajstić information content (AvgIpc) is 3.56. The average molecular weight is 637 g/mol. The molecule has 0 saturated carbocycles. The van der Waals surface area contributed by atoms with Crippen LogP contribution >= 0.6 is 11.3 Å². The first-order valence-corrected chi connectivity index (χ1v) is 20.1. The van der Waals surface area contributed by atoms with Crippen LogP contribution in [-0.2, 0) is 10.8 Å². The molecule has 3 heterocycles. The number of ether oxygens (including phenoxy) is 1. The molecule has 3 nitrogen and oxygen atoms in total. The first-order chi connectivity index (χ1) is 21.9. The molecule has 230 valence electrons. The number of para-hydroxylation sites is 4. The summed E-state index contributed by atoms with van der Waals surface area (Å²) in [6.45, 7) is 18.9. The number of hydrogen-bond acceptors (Lipinski definition) is 3. The van der Waals surface area contributed by atoms with Crippen LogP contribution in [0.3, 0.4) is 0 Å². The molecule has 0 amide bonds. The van der Waals surface area contributed by atoms with Crippen LogP contribution in [0.15, 0.2) is 97.1 Å². The summed E-state index contributed by atoms with van der Waals surface area (Å²) in [5.41, 5.74) is 10.7. The summed E-state index contributed by atoms with van der Waals surface area (Å²) >= 11 is 1.76. The van der Waals surface area contributed by atoms with Crippen molar-refractivity contribution < 1.29 is 4.74 Å². The predicted molar refractivity (Wildman–Crippen MR) is 200 cm³/mol. The molecule has 0 bridgehead atoms. The zero-order chi connectivity index (χ0) is 32.2. The summed E-state index contributed by atoms with van der Waals surface area (Å²) in [6, 6.07) is 35.5. The third kappa shape index (κ3) is 4.25. The molecule has 0 spiro atoms. The fourth-order valence-electron chi connectivity index (χ4n) is 7.60. The molecule has 2 aromatic heterocycles. The minimum absolute atomic E-state index is 0.0830. The molecular weight excluding hydrogens is 597 g/mol. The standard InChI is InChI=1S/C41H40N2OSSi/c1-40(2,3)28-24-23-25(26-15-14-22-34-38(26)44-31-19-10-12-21-33(31)46(34,7)8)36(41(4,5)6)35(28)27-16-13-18-30-37(27)42-39-43(30)29-17-9-11-20-32(29)45-39/h9-24H,1-8H3. The number of benzene rings is 5. The Bertz CT molecular complexity index is 2350. The van der Waals surface area contributed by atoms with Crippen LogP contribution in [0, 0.1) is 0 Å². The van der Waals surface area contributed by atoms with Crippen molar-refractivity contribution in [2.24, 2.45) is 0 Å². The van der Waals surface area contributed by atoms with Gasteiger partial charge in [-0.2, -0.15) is 0 Å². The van der Waals surface area contributed by atoms with Crippen LogP contribution in [-0.4, -0.2) is 17.5 Å². The Hall–Kier alpha value is -4.19. The Morgan fingerprint density at radius 3 is 2.11 bits per heavy atom. The molecule has 0 radical (unpaired) electrons. The van der Waals surface area contributed by atoms with Gasteiger partial charge in [0.1, 0.15) is 19.6 Å². The Morgan fingerprint density at radius 1 is 0.652 bits per heavy atom. The van der Waals surface area contributed by atoms with Gasteiger partial charge in [0, 0.05) is 11.1 Å². The van der Waals surface area contributed by atoms with Gasteiger partial charge in [0.15, 0.2) is 4.96 Å². The van der Waals surface area contributed by atoms with Crippen molar-refractivity contribution >= 4 is 56.0 Å². The number of nitrogens with zero attached hydrogens (tertiary/aromatic N) is 2. The van der Waals surface area contributed by atoms with E-state index in [1.54, 1.807) is 11.3 Å². The normalized spacial score (nSPS) is 14.4. The fraction of sp³-hybridized carbons (Fsp3) is 0.244. The number of fused-ring (bicyclic) bond motifs is 7. The van der Waals surface area contributed by atoms with E-state index in [0.717, 1.165) is 27.5 Å². The van der Waals surface area contributed by atoms with Crippen molar-refractivity contribution in [1.29, 1.82) is 0 Å². The number of imidazole rings is 1. The van der Waals surface area contributed by atoms with Crippen LogP contribution in [0.25, 0.3) is 48.5 Å². The molecule has 0 aliphatic carbocycles. The second-order valence-electron chi connectivity index (χ2n) is 15.3. The molecule has 0 N–H and O–H groups in total. The molecule has 0 saturated heterocycles. The molecule has 0 atom stereocenters. The van der Waals surface area contributed by atoms with Gasteiger partial charge in [-0.3, -0.25) is 4.40 Å². The largest absolute Gasteiger partial charge is 0.457 e. The molecule has 0 unspecified atom stereocenters. The van der Waals surface area contributed by atoms with E-state index in [2.05, 4.69) is 156 Å². The molecule has 5 aromatic carbocycles. The van der Waals surface area contributed by atoms with Crippen molar-refractivity contribution in [3.8, 4) is 33.8 Å². The van der Waals surface area contributed by atoms with Crippen molar-refractivity contribution in [1.82, 2.24) is 9.38 Å². The van der Waals surface area contributed by atoms with Crippen LogP contribution in [0.1, 0.15) is 52.7 Å². The fourth-order valence-corrected chi connectivity index (χ4v) is 11.4. The molecule has 0 fully saturated rings. The predicted octanol–water partition coefficient (Wildman–Crippen LogP) is 10.6. The van der Waals surface area contributed by atoms with E-state index in [1.165, 1.54) is 54.0 Å². The van der Waals surface area contributed by atoms with Crippen molar-refractivity contribution in [2.45, 2.75) is 65.5 Å². The Labute approximate surface area is 276 Å². The number of rotatable bonds is 2. The molecular formula is C41H40N2OSSi. The van der Waals surface area contributed by atoms with Crippen molar-refractivity contribution in [3.05, 3.63) is 108 Å². The first kappa shape index (κ1) is 29.2. The highest BCUT2D eigenvalue weighted by Crippen LogP contribution is 2.49. The van der Waals surface area contributed by atoms with E-state index in [0.29, 0.717) is 0 Å². The van der Waals surface area contributed by atoms with E-state index in [4.69, 9.17) is 9.72 Å². The van der Waals surface area contributed by atoms with Gasteiger partial charge < -0.3 is 4.74 Å². The molecule has 1 aliphatic rings. The summed E-state index contributed by atoms with van der Waals surface area (Å²) in [5, 5.41) is 2.71. The molecule has 1 aliphatic heterocycles. The van der Waals surface area contributed by atoms with E-state index in [9.17, 15) is 0 Å². The van der Waals surface area contributed by atoms with E-state index >= 15 is 0 Å². The lowest BCUT2D eigenvalue weighted by molar-refractivity contribution is 0.488. The maximum atomic E-state index is 6.87. The van der Waals surface area contributed by atoms with Gasteiger partial charge in [-0.1, -0.05) is 139 Å². The Morgan fingerprint density at radius 2 is 1.33 bits per heavy atom. The topological polar surface area (TPSA) is 26.5 Å². The zero-order valence-electron chi connectivity index (χ0n) is 27.9. The van der Waals surface area contributed by atoms with Crippen LogP contribution < -0.4 is 15.1 Å². The maximum absolute atomic E-state index is 6.87. The summed E-state index contributed by atoms with van der Waals surface area (Å²) in [4.78, 5) is 6.39. The van der Waals surface area contributed by atoms with Gasteiger partial charge in [0.2, 0.25) is 0 Å². The monoisotopic (exact) mass is 636 g/mol. The highest BCUT2D eigenvalue weighted by Gasteiger charge is 2.38. The maximum Gasteiger partial charge on any atom is 0.195 e. The highest BCUT2D eigenvalue weighted by molar-refractivity contribution is 7.23. The smallest absolute Gasteiger partial charge is 0.195 e. The SMILES string of the molecule is CC(C)(C)c1ccc(-c2cccc3c2Oc2ccccc2[Si]3(C)C)c(C(C)(C)C)c1-c1cccc2c1nc1sc3ccccc3n12. The lowest BCUT2D eigenvalue weighted by Gasteiger charge is -2.36. The van der Waals surface area contributed by atoms with Gasteiger partial charge in [0.05, 0.1) is 21.3 Å². The molecule has 46 heavy (non-hydrogen) atoms. The highest BCUT2D eigenvalue weighted by atomic mass is 32.1. The quantitative estimate of drug-likeness (QED) is 0.177. The van der Waals surface area contributed by atoms with Gasteiger partial charge in [-0.15, -0.1) is 0 Å². The lowest BCUT2D eigenvalue weighted by Crippen LogP contribution is -2.56. The number of aromatic nitrogens is 2. The molecule has 7 aromatic rings. The Kier molecular flexibility index (Phi) is 6.29. The van der Waals surface area contributed by atoms with Crippen molar-refractivity contribution in [2.75, 3.05) is 0 Å². The minimum Gasteiger partial charge on any atom is -0.457 e. The minimum atomic E-state index is -1.98. The molecule has 8 rings (SSSR count). The number of thiazole rings is 1. The third-order valence-electron chi connectivity index (χ3n) is 9.75. The summed E-state index contributed by atoms with van der Waals surface area (Å²) in [5.74, 6) is 2.02. The Balaban J connectivity index is 1.47. The number of hydrogen-bond donors (Lipinski definition) is 0. The van der Waals surface area contributed by atoms with E-state index < -0.39 is 8.07 Å². The summed E-state index contributed by atoms with van der Waals surface area (Å²) < 4.78 is 10.5. The van der Waals surface area contributed by atoms with E-state index in [-0.39, 0.29) is 10.8 Å². The van der Waals surface area contributed by atoms with Crippen LogP contribution in [0.2, 0.25) is 13.1 Å². The van der Waals surface area contributed by atoms with Gasteiger partial charge in [-0.05, 0) is 67.7 Å².